The molecule has 0 fully saturated rings. The number of hydrogen-bond donors (Lipinski definition) is 1. The van der Waals surface area contributed by atoms with Crippen molar-refractivity contribution >= 4 is 5.91 Å². The van der Waals surface area contributed by atoms with Crippen LogP contribution in [0.4, 0.5) is 0 Å². The molecule has 4 heteroatoms. The van der Waals surface area contributed by atoms with Crippen molar-refractivity contribution in [3.63, 3.8) is 0 Å². The molecule has 2 aromatic rings. The van der Waals surface area contributed by atoms with Gasteiger partial charge >= 0.3 is 0 Å². The van der Waals surface area contributed by atoms with E-state index in [1.54, 1.807) is 4.90 Å². The van der Waals surface area contributed by atoms with Gasteiger partial charge < -0.3 is 4.90 Å². The van der Waals surface area contributed by atoms with E-state index in [1.165, 1.54) is 5.56 Å². The van der Waals surface area contributed by atoms with Crippen molar-refractivity contribution in [3.8, 4) is 0 Å². The molecule has 20 heavy (non-hydrogen) atoms. The fraction of sp³-hybridized carbons (Fsp3) is 0.375. The van der Waals surface area contributed by atoms with Gasteiger partial charge in [-0.25, -0.2) is 0 Å². The van der Waals surface area contributed by atoms with Gasteiger partial charge in [0.1, 0.15) is 0 Å². The maximum atomic E-state index is 12.2. The third-order valence-electron chi connectivity index (χ3n) is 4.10. The molecule has 2 heterocycles. The van der Waals surface area contributed by atoms with E-state index in [9.17, 15) is 4.79 Å². The molecule has 1 aromatic carbocycles. The van der Waals surface area contributed by atoms with E-state index in [2.05, 4.69) is 48.3 Å². The first-order valence-electron chi connectivity index (χ1n) is 6.92. The van der Waals surface area contributed by atoms with Crippen LogP contribution >= 0.6 is 0 Å². The molecular formula is C16H19N3O. The van der Waals surface area contributed by atoms with Gasteiger partial charge in [0.2, 0.25) is 0 Å². The standard InChI is InChI=1S/C16H19N3O/c1-9(2)11-5-7-12(8-6-11)15-13-10(3)17-18-14(13)16(20)19(15)4/h5-9,15H,1-4H3,(H,17,18)/t15-/m0/s1. The molecule has 1 N–H and O–H groups in total. The van der Waals surface area contributed by atoms with Crippen LogP contribution in [0.25, 0.3) is 0 Å². The number of hydrogen-bond acceptors (Lipinski definition) is 2. The van der Waals surface area contributed by atoms with Gasteiger partial charge in [0.15, 0.2) is 5.69 Å². The number of benzene rings is 1. The number of nitrogens with one attached hydrogen (secondary N) is 1. The number of fused-ring (bicyclic) bond motifs is 1. The molecule has 0 radical (unpaired) electrons. The number of nitrogens with zero attached hydrogens (tertiary/aromatic N) is 2. The number of H-pyrrole nitrogens is 1. The Balaban J connectivity index is 2.05. The van der Waals surface area contributed by atoms with Crippen molar-refractivity contribution in [2.75, 3.05) is 7.05 Å². The predicted molar refractivity (Wildman–Crippen MR) is 77.8 cm³/mol. The van der Waals surface area contributed by atoms with Gasteiger partial charge in [-0.3, -0.25) is 9.89 Å². The summed E-state index contributed by atoms with van der Waals surface area (Å²) in [5.41, 5.74) is 4.98. The fourth-order valence-electron chi connectivity index (χ4n) is 2.87. The Hall–Kier alpha value is -2.10. The lowest BCUT2D eigenvalue weighted by Gasteiger charge is -2.22. The minimum absolute atomic E-state index is 0.0118. The highest BCUT2D eigenvalue weighted by Crippen LogP contribution is 2.38. The van der Waals surface area contributed by atoms with Crippen LogP contribution in [0.2, 0.25) is 0 Å². The SMILES string of the molecule is Cc1[nH]nc2c1[C@H](c1ccc(C(C)C)cc1)N(C)C2=O. The van der Waals surface area contributed by atoms with Gasteiger partial charge in [-0.15, -0.1) is 0 Å². The highest BCUT2D eigenvalue weighted by molar-refractivity contribution is 5.98. The molecule has 1 aromatic heterocycles. The van der Waals surface area contributed by atoms with Crippen LogP contribution in [0.3, 0.4) is 0 Å². The highest BCUT2D eigenvalue weighted by atomic mass is 16.2. The van der Waals surface area contributed by atoms with E-state index in [1.807, 2.05) is 14.0 Å². The molecule has 0 saturated heterocycles. The minimum Gasteiger partial charge on any atom is -0.329 e. The average molecular weight is 269 g/mol. The number of aryl methyl sites for hydroxylation is 1. The van der Waals surface area contributed by atoms with Crippen LogP contribution in [0.15, 0.2) is 24.3 Å². The lowest BCUT2D eigenvalue weighted by molar-refractivity contribution is 0.0787. The second kappa shape index (κ2) is 4.47. The number of carbonyl (C=O) groups is 1. The summed E-state index contributed by atoms with van der Waals surface area (Å²) in [6, 6.07) is 8.49. The average Bonchev–Trinajstić information content (AvgIpc) is 2.91. The Bertz CT molecular complexity index is 655. The van der Waals surface area contributed by atoms with Crippen molar-refractivity contribution in [1.29, 1.82) is 0 Å². The summed E-state index contributed by atoms with van der Waals surface area (Å²) in [7, 11) is 1.84. The van der Waals surface area contributed by atoms with Gasteiger partial charge in [0.05, 0.1) is 6.04 Å². The topological polar surface area (TPSA) is 49.0 Å². The number of amides is 1. The van der Waals surface area contributed by atoms with Crippen LogP contribution in [-0.2, 0) is 0 Å². The number of aromatic nitrogens is 2. The minimum atomic E-state index is -0.0301. The molecule has 0 aliphatic carbocycles. The van der Waals surface area contributed by atoms with Crippen LogP contribution in [0, 0.1) is 6.92 Å². The molecule has 0 saturated carbocycles. The molecule has 4 nitrogen and oxygen atoms in total. The monoisotopic (exact) mass is 269 g/mol. The maximum Gasteiger partial charge on any atom is 0.275 e. The molecule has 1 aliphatic heterocycles. The molecule has 1 aliphatic rings. The Kier molecular flexibility index (Phi) is 2.89. The number of rotatable bonds is 2. The largest absolute Gasteiger partial charge is 0.329 e. The summed E-state index contributed by atoms with van der Waals surface area (Å²) in [6.07, 6.45) is 0. The quantitative estimate of drug-likeness (QED) is 0.911. The normalized spacial score (nSPS) is 17.9. The summed E-state index contributed by atoms with van der Waals surface area (Å²) in [5, 5.41) is 7.05. The Morgan fingerprint density at radius 3 is 2.50 bits per heavy atom. The Morgan fingerprint density at radius 2 is 1.90 bits per heavy atom. The van der Waals surface area contributed by atoms with Crippen LogP contribution in [-0.4, -0.2) is 28.1 Å². The lowest BCUT2D eigenvalue weighted by atomic mass is 9.96. The molecule has 0 bridgehead atoms. The zero-order valence-electron chi connectivity index (χ0n) is 12.3. The summed E-state index contributed by atoms with van der Waals surface area (Å²) >= 11 is 0. The molecule has 3 rings (SSSR count). The molecule has 104 valence electrons. The van der Waals surface area contributed by atoms with E-state index < -0.39 is 0 Å². The van der Waals surface area contributed by atoms with E-state index in [4.69, 9.17) is 0 Å². The molecule has 1 amide bonds. The van der Waals surface area contributed by atoms with Crippen molar-refractivity contribution in [2.24, 2.45) is 0 Å². The lowest BCUT2D eigenvalue weighted by Crippen LogP contribution is -2.24. The van der Waals surface area contributed by atoms with Crippen LogP contribution < -0.4 is 0 Å². The van der Waals surface area contributed by atoms with Gasteiger partial charge in [0.25, 0.3) is 5.91 Å². The zero-order chi connectivity index (χ0) is 14.4. The predicted octanol–water partition coefficient (Wildman–Crippen LogP) is 3.02. The summed E-state index contributed by atoms with van der Waals surface area (Å²) in [5.74, 6) is 0.500. The van der Waals surface area contributed by atoms with E-state index in [0.29, 0.717) is 11.6 Å². The van der Waals surface area contributed by atoms with Gasteiger partial charge in [0, 0.05) is 18.3 Å². The first-order valence-corrected chi connectivity index (χ1v) is 6.92. The van der Waals surface area contributed by atoms with Crippen molar-refractivity contribution < 1.29 is 4.79 Å². The third kappa shape index (κ3) is 1.75. The molecular weight excluding hydrogens is 250 g/mol. The second-order valence-electron chi connectivity index (χ2n) is 5.75. The van der Waals surface area contributed by atoms with Crippen molar-refractivity contribution in [3.05, 3.63) is 52.3 Å². The summed E-state index contributed by atoms with van der Waals surface area (Å²) in [4.78, 5) is 14.0. The van der Waals surface area contributed by atoms with E-state index in [-0.39, 0.29) is 11.9 Å². The first-order chi connectivity index (χ1) is 9.50. The number of aromatic amines is 1. The highest BCUT2D eigenvalue weighted by Gasteiger charge is 2.39. The first kappa shape index (κ1) is 12.9. The molecule has 0 unspecified atom stereocenters. The van der Waals surface area contributed by atoms with Crippen LogP contribution in [0.5, 0.6) is 0 Å². The van der Waals surface area contributed by atoms with E-state index in [0.717, 1.165) is 16.8 Å². The smallest absolute Gasteiger partial charge is 0.275 e. The maximum absolute atomic E-state index is 12.2. The van der Waals surface area contributed by atoms with Crippen LogP contribution in [0.1, 0.15) is 58.7 Å². The van der Waals surface area contributed by atoms with Gasteiger partial charge in [-0.05, 0) is 24.0 Å². The van der Waals surface area contributed by atoms with Crippen molar-refractivity contribution in [2.45, 2.75) is 32.7 Å². The van der Waals surface area contributed by atoms with E-state index >= 15 is 0 Å². The van der Waals surface area contributed by atoms with Crippen molar-refractivity contribution in [1.82, 2.24) is 15.1 Å². The number of carbonyl (C=O) groups excluding carboxylic acids is 1. The molecule has 1 atom stereocenters. The zero-order valence-corrected chi connectivity index (χ0v) is 12.3. The fourth-order valence-corrected chi connectivity index (χ4v) is 2.87. The Morgan fingerprint density at radius 1 is 1.25 bits per heavy atom. The van der Waals surface area contributed by atoms with Gasteiger partial charge in [-0.1, -0.05) is 38.1 Å². The van der Waals surface area contributed by atoms with Gasteiger partial charge in [-0.2, -0.15) is 5.10 Å². The summed E-state index contributed by atoms with van der Waals surface area (Å²) in [6.45, 7) is 6.32. The Labute approximate surface area is 118 Å². The second-order valence-corrected chi connectivity index (χ2v) is 5.75. The summed E-state index contributed by atoms with van der Waals surface area (Å²) < 4.78 is 0. The third-order valence-corrected chi connectivity index (χ3v) is 4.10. The molecule has 0 spiro atoms.